The summed E-state index contributed by atoms with van der Waals surface area (Å²) in [6, 6.07) is -0.669. The summed E-state index contributed by atoms with van der Waals surface area (Å²) < 4.78 is 16.0. The van der Waals surface area contributed by atoms with Crippen LogP contribution in [0.15, 0.2) is 24.3 Å². The summed E-state index contributed by atoms with van der Waals surface area (Å²) in [4.78, 5) is 36.6. The van der Waals surface area contributed by atoms with Crippen LogP contribution in [0.25, 0.3) is 0 Å². The van der Waals surface area contributed by atoms with Crippen LogP contribution in [0.4, 0.5) is 0 Å². The number of thioether (sulfide) groups is 1. The highest BCUT2D eigenvalue weighted by Crippen LogP contribution is 2.11. The summed E-state index contributed by atoms with van der Waals surface area (Å²) in [5, 5.41) is 2.77. The van der Waals surface area contributed by atoms with Gasteiger partial charge < -0.3 is 19.5 Å². The Hall–Kier alpha value is -1.80. The third kappa shape index (κ3) is 10.5. The maximum atomic E-state index is 12.4. The van der Waals surface area contributed by atoms with Crippen molar-refractivity contribution in [1.29, 1.82) is 0 Å². The first-order chi connectivity index (χ1) is 13.9. The number of nitrogens with one attached hydrogen (secondary N) is 1. The van der Waals surface area contributed by atoms with E-state index in [4.69, 9.17) is 14.2 Å². The number of carbonyl (C=O) groups excluding carboxylic acids is 3. The molecule has 7 nitrogen and oxygen atoms in total. The van der Waals surface area contributed by atoms with E-state index in [1.54, 1.807) is 31.0 Å². The quantitative estimate of drug-likeness (QED) is 0.544. The van der Waals surface area contributed by atoms with Crippen LogP contribution in [0.2, 0.25) is 0 Å². The number of ether oxygens (including phenoxy) is 3. The molecule has 0 aromatic heterocycles. The lowest BCUT2D eigenvalue weighted by molar-refractivity contribution is -0.149. The smallest absolute Gasteiger partial charge is 0.328 e. The summed E-state index contributed by atoms with van der Waals surface area (Å²) >= 11 is 1.60. The van der Waals surface area contributed by atoms with Crippen molar-refractivity contribution >= 4 is 29.6 Å². The number of methoxy groups -OCH3 is 1. The maximum absolute atomic E-state index is 12.4. The van der Waals surface area contributed by atoms with Gasteiger partial charge in [-0.25, -0.2) is 4.79 Å². The maximum Gasteiger partial charge on any atom is 0.328 e. The topological polar surface area (TPSA) is 90.9 Å². The van der Waals surface area contributed by atoms with E-state index in [0.29, 0.717) is 6.42 Å². The van der Waals surface area contributed by atoms with Gasteiger partial charge in [0.1, 0.15) is 12.6 Å². The zero-order valence-electron chi connectivity index (χ0n) is 17.7. The standard InChI is InChI=1S/C21H33NO6S/c1-15-7-5-10-20(24)27-14-18(26-3)16(2)8-6-9-19(23)22-17(11-12-29-4)21(25)28-13-15/h5-8,15-18H,9-14H2,1-4H3,(H,22,23)/b7-5-,8-6-/t15-,16+,17-,18+/m1/s1. The number of hydrogen-bond acceptors (Lipinski definition) is 7. The fourth-order valence-corrected chi connectivity index (χ4v) is 3.16. The Balaban J connectivity index is 2.89. The fraction of sp³-hybridized carbons (Fsp3) is 0.667. The summed E-state index contributed by atoms with van der Waals surface area (Å²) in [7, 11) is 1.56. The Morgan fingerprint density at radius 2 is 1.83 bits per heavy atom. The van der Waals surface area contributed by atoms with Gasteiger partial charge in [0.15, 0.2) is 0 Å². The lowest BCUT2D eigenvalue weighted by Gasteiger charge is -2.20. The molecule has 8 heteroatoms. The largest absolute Gasteiger partial charge is 0.464 e. The molecule has 1 aliphatic heterocycles. The molecule has 1 N–H and O–H groups in total. The van der Waals surface area contributed by atoms with E-state index in [9.17, 15) is 14.4 Å². The van der Waals surface area contributed by atoms with Gasteiger partial charge in [-0.3, -0.25) is 9.59 Å². The van der Waals surface area contributed by atoms with Gasteiger partial charge in [-0.1, -0.05) is 38.2 Å². The lowest BCUT2D eigenvalue weighted by atomic mass is 10.0. The molecule has 0 aromatic rings. The summed E-state index contributed by atoms with van der Waals surface area (Å²) in [6.07, 6.45) is 9.54. The molecular formula is C21H33NO6S. The average Bonchev–Trinajstić information content (AvgIpc) is 2.69. The van der Waals surface area contributed by atoms with Crippen LogP contribution in [-0.2, 0) is 28.6 Å². The Bertz CT molecular complexity index is 592. The number of esters is 2. The van der Waals surface area contributed by atoms with Crippen LogP contribution in [-0.4, -0.2) is 62.3 Å². The van der Waals surface area contributed by atoms with Crippen LogP contribution < -0.4 is 5.32 Å². The molecule has 4 atom stereocenters. The molecule has 164 valence electrons. The SMILES string of the molecule is CO[C@H]1COC(=O)C/C=C\[C@@H](C)COC(=O)[C@@H](CCSC)NC(=O)C/C=C\[C@@H]1C. The first kappa shape index (κ1) is 25.2. The van der Waals surface area contributed by atoms with Crippen molar-refractivity contribution in [3.8, 4) is 0 Å². The van der Waals surface area contributed by atoms with E-state index in [0.717, 1.165) is 5.75 Å². The molecule has 1 aliphatic rings. The van der Waals surface area contributed by atoms with Gasteiger partial charge >= 0.3 is 11.9 Å². The number of hydrogen-bond donors (Lipinski definition) is 1. The van der Waals surface area contributed by atoms with Gasteiger partial charge in [0.05, 0.1) is 19.1 Å². The van der Waals surface area contributed by atoms with Gasteiger partial charge in [-0.15, -0.1) is 0 Å². The van der Waals surface area contributed by atoms with E-state index < -0.39 is 12.0 Å². The number of amides is 1. The number of rotatable bonds is 4. The van der Waals surface area contributed by atoms with Crippen molar-refractivity contribution in [3.05, 3.63) is 24.3 Å². The van der Waals surface area contributed by atoms with Crippen LogP contribution in [0.3, 0.4) is 0 Å². The molecule has 1 rings (SSSR count). The third-order valence-electron chi connectivity index (χ3n) is 4.51. The summed E-state index contributed by atoms with van der Waals surface area (Å²) in [6.45, 7) is 4.13. The lowest BCUT2D eigenvalue weighted by Crippen LogP contribution is -2.42. The molecular weight excluding hydrogens is 394 g/mol. The molecule has 0 unspecified atom stereocenters. The van der Waals surface area contributed by atoms with Crippen molar-refractivity contribution in [3.63, 3.8) is 0 Å². The second-order valence-electron chi connectivity index (χ2n) is 7.09. The van der Waals surface area contributed by atoms with E-state index in [-0.39, 0.29) is 55.9 Å². The second-order valence-corrected chi connectivity index (χ2v) is 8.08. The Kier molecular flexibility index (Phi) is 12.4. The van der Waals surface area contributed by atoms with Crippen LogP contribution in [0, 0.1) is 11.8 Å². The molecule has 0 aromatic carbocycles. The van der Waals surface area contributed by atoms with Crippen molar-refractivity contribution in [2.75, 3.05) is 32.3 Å². The highest BCUT2D eigenvalue weighted by Gasteiger charge is 2.22. The normalized spacial score (nSPS) is 30.3. The van der Waals surface area contributed by atoms with Crippen molar-refractivity contribution in [2.45, 2.75) is 45.3 Å². The third-order valence-corrected chi connectivity index (χ3v) is 5.15. The fourth-order valence-electron chi connectivity index (χ4n) is 2.69. The minimum atomic E-state index is -0.669. The monoisotopic (exact) mass is 427 g/mol. The predicted molar refractivity (Wildman–Crippen MR) is 113 cm³/mol. The molecule has 0 bridgehead atoms. The van der Waals surface area contributed by atoms with Gasteiger partial charge in [-0.2, -0.15) is 11.8 Å². The van der Waals surface area contributed by atoms with Gasteiger partial charge in [0, 0.05) is 25.4 Å². The highest BCUT2D eigenvalue weighted by molar-refractivity contribution is 7.98. The van der Waals surface area contributed by atoms with Gasteiger partial charge in [0.2, 0.25) is 5.91 Å². The van der Waals surface area contributed by atoms with Gasteiger partial charge in [0.25, 0.3) is 0 Å². The molecule has 0 radical (unpaired) electrons. The Labute approximate surface area is 177 Å². The Morgan fingerprint density at radius 3 is 2.52 bits per heavy atom. The average molecular weight is 428 g/mol. The highest BCUT2D eigenvalue weighted by atomic mass is 32.2. The van der Waals surface area contributed by atoms with E-state index in [1.165, 1.54) is 0 Å². The molecule has 0 saturated carbocycles. The van der Waals surface area contributed by atoms with E-state index in [2.05, 4.69) is 5.32 Å². The molecule has 1 heterocycles. The van der Waals surface area contributed by atoms with Crippen molar-refractivity contribution in [1.82, 2.24) is 5.32 Å². The number of carbonyl (C=O) groups is 3. The van der Waals surface area contributed by atoms with Gasteiger partial charge in [-0.05, 0) is 18.4 Å². The van der Waals surface area contributed by atoms with E-state index >= 15 is 0 Å². The Morgan fingerprint density at radius 1 is 1.10 bits per heavy atom. The molecule has 29 heavy (non-hydrogen) atoms. The molecule has 0 fully saturated rings. The van der Waals surface area contributed by atoms with Crippen LogP contribution in [0.5, 0.6) is 0 Å². The molecule has 0 saturated heterocycles. The number of cyclic esters (lactones) is 2. The van der Waals surface area contributed by atoms with Crippen LogP contribution >= 0.6 is 11.8 Å². The molecule has 0 aliphatic carbocycles. The zero-order chi connectivity index (χ0) is 21.6. The predicted octanol–water partition coefficient (Wildman–Crippen LogP) is 2.50. The van der Waals surface area contributed by atoms with Crippen LogP contribution in [0.1, 0.15) is 33.1 Å². The first-order valence-corrected chi connectivity index (χ1v) is 11.2. The minimum Gasteiger partial charge on any atom is -0.464 e. The summed E-state index contributed by atoms with van der Waals surface area (Å²) in [5.41, 5.74) is 0. The second kappa shape index (κ2) is 14.2. The zero-order valence-corrected chi connectivity index (χ0v) is 18.5. The molecule has 0 spiro atoms. The first-order valence-electron chi connectivity index (χ1n) is 9.84. The molecule has 1 amide bonds. The summed E-state index contributed by atoms with van der Waals surface area (Å²) in [5.74, 6) is -0.401. The van der Waals surface area contributed by atoms with Crippen molar-refractivity contribution < 1.29 is 28.6 Å². The van der Waals surface area contributed by atoms with Crippen molar-refractivity contribution in [2.24, 2.45) is 11.8 Å². The minimum absolute atomic E-state index is 0.0488. The van der Waals surface area contributed by atoms with E-state index in [1.807, 2.05) is 32.3 Å².